The number of hydrazone groups is 1. The van der Waals surface area contributed by atoms with Gasteiger partial charge in [-0.1, -0.05) is 30.3 Å². The maximum Gasteiger partial charge on any atom is 0.287 e. The average molecular weight is 258 g/mol. The lowest BCUT2D eigenvalue weighted by Gasteiger charge is -2.13. The van der Waals surface area contributed by atoms with Crippen LogP contribution in [0.15, 0.2) is 35.4 Å². The van der Waals surface area contributed by atoms with Gasteiger partial charge in [-0.3, -0.25) is 9.98 Å². The highest BCUT2D eigenvalue weighted by molar-refractivity contribution is 7.86. The van der Waals surface area contributed by atoms with Gasteiger partial charge in [-0.05, 0) is 5.56 Å². The molecular weight excluding hydrogens is 244 g/mol. The number of nitrogens with one attached hydrogen (secondary N) is 1. The van der Waals surface area contributed by atoms with Crippen LogP contribution >= 0.6 is 0 Å². The minimum absolute atomic E-state index is 0.0520. The van der Waals surface area contributed by atoms with E-state index in [4.69, 9.17) is 16.0 Å². The molecule has 7 nitrogen and oxygen atoms in total. The lowest BCUT2D eigenvalue weighted by molar-refractivity contribution is 0.451. The molecule has 0 spiro atoms. The Bertz CT molecular complexity index is 482. The van der Waals surface area contributed by atoms with Gasteiger partial charge >= 0.3 is 0 Å². The standard InChI is InChI=1S/C9H14N4O3S/c10-9(11)13-12-8(17(14,15)16)6-7-4-2-1-3-5-7/h1-5,8,12H,6H2,(H4,10,11,13)(H,14,15,16). The molecule has 0 aliphatic rings. The van der Waals surface area contributed by atoms with E-state index in [0.29, 0.717) is 0 Å². The van der Waals surface area contributed by atoms with Crippen LogP contribution in [-0.2, 0) is 16.5 Å². The van der Waals surface area contributed by atoms with E-state index in [2.05, 4.69) is 10.5 Å². The first-order valence-corrected chi connectivity index (χ1v) is 6.24. The van der Waals surface area contributed by atoms with Crippen molar-refractivity contribution in [2.24, 2.45) is 16.6 Å². The molecule has 1 aromatic carbocycles. The molecule has 0 aromatic heterocycles. The molecule has 0 saturated heterocycles. The van der Waals surface area contributed by atoms with E-state index in [1.807, 2.05) is 0 Å². The SMILES string of the molecule is NC(N)=NNC(Cc1ccccc1)S(=O)(=O)O. The normalized spacial score (nSPS) is 12.8. The van der Waals surface area contributed by atoms with E-state index in [1.54, 1.807) is 30.3 Å². The largest absolute Gasteiger partial charge is 0.369 e. The second kappa shape index (κ2) is 5.51. The minimum Gasteiger partial charge on any atom is -0.369 e. The van der Waals surface area contributed by atoms with Crippen molar-refractivity contribution in [2.45, 2.75) is 11.8 Å². The lowest BCUT2D eigenvalue weighted by Crippen LogP contribution is -2.38. The number of nitrogens with two attached hydrogens (primary N) is 2. The van der Waals surface area contributed by atoms with Crippen LogP contribution < -0.4 is 16.9 Å². The Kier molecular flexibility index (Phi) is 4.30. The van der Waals surface area contributed by atoms with Crippen LogP contribution in [0.4, 0.5) is 0 Å². The summed E-state index contributed by atoms with van der Waals surface area (Å²) >= 11 is 0. The van der Waals surface area contributed by atoms with Crippen LogP contribution in [0.25, 0.3) is 0 Å². The summed E-state index contributed by atoms with van der Waals surface area (Å²) < 4.78 is 31.2. The molecule has 1 aromatic rings. The van der Waals surface area contributed by atoms with Gasteiger partial charge in [0, 0.05) is 6.42 Å². The van der Waals surface area contributed by atoms with Crippen molar-refractivity contribution in [2.75, 3.05) is 0 Å². The Balaban J connectivity index is 2.82. The maximum atomic E-state index is 11.1. The minimum atomic E-state index is -4.29. The molecule has 94 valence electrons. The van der Waals surface area contributed by atoms with E-state index >= 15 is 0 Å². The van der Waals surface area contributed by atoms with Crippen molar-refractivity contribution in [3.8, 4) is 0 Å². The van der Waals surface area contributed by atoms with Crippen molar-refractivity contribution in [1.82, 2.24) is 5.43 Å². The molecule has 17 heavy (non-hydrogen) atoms. The predicted octanol–water partition coefficient (Wildman–Crippen LogP) is -0.779. The first-order chi connectivity index (χ1) is 7.89. The first kappa shape index (κ1) is 13.3. The molecule has 0 fully saturated rings. The van der Waals surface area contributed by atoms with E-state index in [-0.39, 0.29) is 12.4 Å². The average Bonchev–Trinajstić information content (AvgIpc) is 2.23. The molecule has 0 aliphatic heterocycles. The third-order valence-electron chi connectivity index (χ3n) is 1.96. The second-order valence-corrected chi connectivity index (χ2v) is 4.96. The topological polar surface area (TPSA) is 131 Å². The van der Waals surface area contributed by atoms with Crippen LogP contribution in [0.3, 0.4) is 0 Å². The molecule has 0 amide bonds. The molecular formula is C9H14N4O3S. The van der Waals surface area contributed by atoms with E-state index < -0.39 is 15.5 Å². The Morgan fingerprint density at radius 2 is 1.94 bits per heavy atom. The van der Waals surface area contributed by atoms with Gasteiger partial charge in [0.1, 0.15) is 0 Å². The summed E-state index contributed by atoms with van der Waals surface area (Å²) in [4.78, 5) is 0. The zero-order valence-corrected chi connectivity index (χ0v) is 9.76. The van der Waals surface area contributed by atoms with E-state index in [0.717, 1.165) is 5.56 Å². The molecule has 0 bridgehead atoms. The fourth-order valence-electron chi connectivity index (χ4n) is 1.19. The Labute approximate surface area is 99.2 Å². The number of hydrogen-bond acceptors (Lipinski definition) is 4. The lowest BCUT2D eigenvalue weighted by atomic mass is 10.1. The Morgan fingerprint density at radius 1 is 1.35 bits per heavy atom. The maximum absolute atomic E-state index is 11.1. The summed E-state index contributed by atoms with van der Waals surface area (Å²) in [5.41, 5.74) is 13.1. The zero-order chi connectivity index (χ0) is 12.9. The highest BCUT2D eigenvalue weighted by Gasteiger charge is 2.22. The third kappa shape index (κ3) is 4.70. The number of nitrogens with zero attached hydrogens (tertiary/aromatic N) is 1. The first-order valence-electron chi connectivity index (χ1n) is 4.74. The molecule has 8 heteroatoms. The summed E-state index contributed by atoms with van der Waals surface area (Å²) in [5.74, 6) is -0.313. The van der Waals surface area contributed by atoms with E-state index in [9.17, 15) is 8.42 Å². The van der Waals surface area contributed by atoms with Gasteiger partial charge in [-0.2, -0.15) is 8.42 Å². The number of hydrogen-bond donors (Lipinski definition) is 4. The van der Waals surface area contributed by atoms with E-state index in [1.165, 1.54) is 0 Å². The third-order valence-corrected chi connectivity index (χ3v) is 2.95. The number of benzene rings is 1. The molecule has 0 radical (unpaired) electrons. The molecule has 6 N–H and O–H groups in total. The molecule has 0 saturated carbocycles. The van der Waals surface area contributed by atoms with Crippen molar-refractivity contribution < 1.29 is 13.0 Å². The molecule has 0 aliphatic carbocycles. The molecule has 1 atom stereocenters. The van der Waals surface area contributed by atoms with Gasteiger partial charge in [0.05, 0.1) is 0 Å². The Hall–Kier alpha value is -1.80. The van der Waals surface area contributed by atoms with Gasteiger partial charge in [-0.25, -0.2) is 0 Å². The van der Waals surface area contributed by atoms with Gasteiger partial charge in [0.2, 0.25) is 5.96 Å². The highest BCUT2D eigenvalue weighted by Crippen LogP contribution is 2.07. The number of guanidine groups is 1. The summed E-state index contributed by atoms with van der Waals surface area (Å²) in [6.07, 6.45) is 0.0520. The second-order valence-electron chi connectivity index (χ2n) is 3.36. The van der Waals surface area contributed by atoms with Crippen LogP contribution in [0.1, 0.15) is 5.56 Å². The monoisotopic (exact) mass is 258 g/mol. The fourth-order valence-corrected chi connectivity index (χ4v) is 1.78. The predicted molar refractivity (Wildman–Crippen MR) is 64.4 cm³/mol. The summed E-state index contributed by atoms with van der Waals surface area (Å²) in [7, 11) is -4.29. The Morgan fingerprint density at radius 3 is 2.41 bits per heavy atom. The van der Waals surface area contributed by atoms with Gasteiger partial charge in [0.15, 0.2) is 5.37 Å². The van der Waals surface area contributed by atoms with Gasteiger partial charge in [0.25, 0.3) is 10.1 Å². The van der Waals surface area contributed by atoms with Crippen molar-refractivity contribution in [3.05, 3.63) is 35.9 Å². The van der Waals surface area contributed by atoms with Crippen molar-refractivity contribution in [3.63, 3.8) is 0 Å². The summed E-state index contributed by atoms with van der Waals surface area (Å²) in [5, 5.41) is 2.09. The van der Waals surface area contributed by atoms with Gasteiger partial charge in [-0.15, -0.1) is 5.10 Å². The quantitative estimate of drug-likeness (QED) is 0.237. The van der Waals surface area contributed by atoms with Gasteiger partial charge < -0.3 is 11.5 Å². The highest BCUT2D eigenvalue weighted by atomic mass is 32.2. The molecule has 0 heterocycles. The van der Waals surface area contributed by atoms with Crippen molar-refractivity contribution >= 4 is 16.1 Å². The number of rotatable bonds is 5. The smallest absolute Gasteiger partial charge is 0.287 e. The van der Waals surface area contributed by atoms with Crippen LogP contribution in [0, 0.1) is 0 Å². The summed E-state index contributed by atoms with van der Waals surface area (Å²) in [6, 6.07) is 8.79. The zero-order valence-electron chi connectivity index (χ0n) is 8.95. The molecule has 1 rings (SSSR count). The van der Waals surface area contributed by atoms with Crippen LogP contribution in [-0.4, -0.2) is 24.3 Å². The van der Waals surface area contributed by atoms with Crippen molar-refractivity contribution in [1.29, 1.82) is 0 Å². The van der Waals surface area contributed by atoms with Crippen LogP contribution in [0.2, 0.25) is 0 Å². The fraction of sp³-hybridized carbons (Fsp3) is 0.222. The summed E-state index contributed by atoms with van der Waals surface area (Å²) in [6.45, 7) is 0. The molecule has 1 unspecified atom stereocenters. The van der Waals surface area contributed by atoms with Crippen LogP contribution in [0.5, 0.6) is 0 Å².